The topological polar surface area (TPSA) is 9.23 Å². The summed E-state index contributed by atoms with van der Waals surface area (Å²) in [4.78, 5) is 0. The van der Waals surface area contributed by atoms with E-state index in [1.807, 2.05) is 24.3 Å². The summed E-state index contributed by atoms with van der Waals surface area (Å²) in [6, 6.07) is 14.1. The number of hydrogen-bond donors (Lipinski definition) is 0. The molecule has 0 aliphatic rings. The maximum Gasteiger partial charge on any atom is 0.123 e. The van der Waals surface area contributed by atoms with Crippen LogP contribution in [0.4, 0.5) is 4.39 Å². The summed E-state index contributed by atoms with van der Waals surface area (Å²) in [5.41, 5.74) is 1.51. The van der Waals surface area contributed by atoms with Gasteiger partial charge in [-0.05, 0) is 35.7 Å². The first-order valence-electron chi connectivity index (χ1n) is 6.65. The Balaban J connectivity index is 2.40. The Labute approximate surface area is 134 Å². The first kappa shape index (κ1) is 16.1. The molecule has 0 spiro atoms. The van der Waals surface area contributed by atoms with E-state index in [9.17, 15) is 4.39 Å². The van der Waals surface area contributed by atoms with Crippen molar-refractivity contribution in [1.82, 2.24) is 0 Å². The number of alkyl halides is 2. The second-order valence-electron chi connectivity index (χ2n) is 5.04. The summed E-state index contributed by atoms with van der Waals surface area (Å²) in [5.74, 6) is 1.23. The molecule has 0 aromatic heterocycles. The zero-order valence-corrected chi connectivity index (χ0v) is 13.3. The number of ether oxygens (including phenoxy) is 1. The van der Waals surface area contributed by atoms with E-state index in [0.717, 1.165) is 16.9 Å². The van der Waals surface area contributed by atoms with Crippen LogP contribution in [0.5, 0.6) is 5.75 Å². The molecule has 0 aliphatic carbocycles. The normalized spacial score (nSPS) is 11.4. The lowest BCUT2D eigenvalue weighted by Crippen LogP contribution is -2.33. The molecule has 1 nitrogen and oxygen atoms in total. The average molecular weight is 327 g/mol. The Kier molecular flexibility index (Phi) is 5.49. The molecule has 0 amide bonds. The first-order valence-corrected chi connectivity index (χ1v) is 7.72. The Morgan fingerprint density at radius 1 is 1.00 bits per heavy atom. The molecule has 2 rings (SSSR count). The van der Waals surface area contributed by atoms with Crippen LogP contribution in [0.2, 0.25) is 0 Å². The van der Waals surface area contributed by atoms with Crippen LogP contribution < -0.4 is 4.74 Å². The summed E-state index contributed by atoms with van der Waals surface area (Å²) in [6.07, 6.45) is 0.635. The largest absolute Gasteiger partial charge is 0.496 e. The van der Waals surface area contributed by atoms with E-state index in [1.54, 1.807) is 19.2 Å². The second kappa shape index (κ2) is 7.15. The van der Waals surface area contributed by atoms with Crippen LogP contribution in [0.25, 0.3) is 0 Å². The summed E-state index contributed by atoms with van der Waals surface area (Å²) >= 11 is 12.5. The van der Waals surface area contributed by atoms with Gasteiger partial charge in [0.2, 0.25) is 0 Å². The van der Waals surface area contributed by atoms with Gasteiger partial charge in [-0.2, -0.15) is 0 Å². The van der Waals surface area contributed by atoms with E-state index < -0.39 is 5.41 Å². The molecule has 0 radical (unpaired) electrons. The van der Waals surface area contributed by atoms with E-state index in [4.69, 9.17) is 27.9 Å². The van der Waals surface area contributed by atoms with Crippen molar-refractivity contribution in [1.29, 1.82) is 0 Å². The van der Waals surface area contributed by atoms with E-state index >= 15 is 0 Å². The quantitative estimate of drug-likeness (QED) is 0.693. The predicted molar refractivity (Wildman–Crippen MR) is 86.2 cm³/mol. The minimum Gasteiger partial charge on any atom is -0.496 e. The summed E-state index contributed by atoms with van der Waals surface area (Å²) < 4.78 is 18.5. The van der Waals surface area contributed by atoms with Crippen molar-refractivity contribution in [3.8, 4) is 5.75 Å². The highest BCUT2D eigenvalue weighted by atomic mass is 35.5. The van der Waals surface area contributed by atoms with E-state index in [-0.39, 0.29) is 5.82 Å². The summed E-state index contributed by atoms with van der Waals surface area (Å²) in [7, 11) is 1.64. The average Bonchev–Trinajstić information content (AvgIpc) is 2.54. The number of hydrogen-bond acceptors (Lipinski definition) is 1. The first-order chi connectivity index (χ1) is 10.1. The fraction of sp³-hybridized carbons (Fsp3) is 0.294. The van der Waals surface area contributed by atoms with Crippen molar-refractivity contribution >= 4 is 23.2 Å². The number of rotatable bonds is 6. The highest BCUT2D eigenvalue weighted by Gasteiger charge is 2.32. The molecule has 0 unspecified atom stereocenters. The molecule has 2 aromatic carbocycles. The molecule has 0 fully saturated rings. The van der Waals surface area contributed by atoms with Crippen molar-refractivity contribution in [2.45, 2.75) is 11.8 Å². The van der Waals surface area contributed by atoms with Gasteiger partial charge in [-0.1, -0.05) is 30.3 Å². The fourth-order valence-electron chi connectivity index (χ4n) is 2.40. The maximum atomic E-state index is 13.1. The monoisotopic (exact) mass is 326 g/mol. The van der Waals surface area contributed by atoms with Crippen molar-refractivity contribution in [2.75, 3.05) is 18.9 Å². The second-order valence-corrected chi connectivity index (χ2v) is 5.58. The van der Waals surface area contributed by atoms with Crippen LogP contribution >= 0.6 is 23.2 Å². The van der Waals surface area contributed by atoms with Crippen LogP contribution in [-0.4, -0.2) is 18.9 Å². The molecular formula is C17H17Cl2FO. The fourth-order valence-corrected chi connectivity index (χ4v) is 3.19. The minimum absolute atomic E-state index is 0.269. The van der Waals surface area contributed by atoms with Gasteiger partial charge < -0.3 is 4.74 Å². The van der Waals surface area contributed by atoms with Gasteiger partial charge in [0.25, 0.3) is 0 Å². The zero-order valence-electron chi connectivity index (χ0n) is 11.8. The van der Waals surface area contributed by atoms with Gasteiger partial charge in [-0.3, -0.25) is 0 Å². The molecule has 0 atom stereocenters. The van der Waals surface area contributed by atoms with Crippen LogP contribution in [0.1, 0.15) is 11.1 Å². The van der Waals surface area contributed by atoms with Gasteiger partial charge in [0.15, 0.2) is 0 Å². The van der Waals surface area contributed by atoms with Gasteiger partial charge in [-0.25, -0.2) is 4.39 Å². The van der Waals surface area contributed by atoms with Crippen LogP contribution in [0.3, 0.4) is 0 Å². The molecule has 0 saturated carbocycles. The third-order valence-corrected chi connectivity index (χ3v) is 4.71. The van der Waals surface area contributed by atoms with E-state index in [2.05, 4.69) is 0 Å². The number of para-hydroxylation sites is 1. The minimum atomic E-state index is -0.453. The number of benzene rings is 2. The molecule has 0 heterocycles. The van der Waals surface area contributed by atoms with Crippen LogP contribution in [0.15, 0.2) is 48.5 Å². The van der Waals surface area contributed by atoms with Gasteiger partial charge in [0.05, 0.1) is 7.11 Å². The van der Waals surface area contributed by atoms with E-state index in [0.29, 0.717) is 18.2 Å². The van der Waals surface area contributed by atoms with Crippen LogP contribution in [0, 0.1) is 5.82 Å². The van der Waals surface area contributed by atoms with Gasteiger partial charge in [0.1, 0.15) is 11.6 Å². The Morgan fingerprint density at radius 3 is 2.19 bits per heavy atom. The lowest BCUT2D eigenvalue weighted by Gasteiger charge is -2.31. The highest BCUT2D eigenvalue weighted by molar-refractivity contribution is 6.22. The molecule has 0 N–H and O–H groups in total. The SMILES string of the molecule is COc1ccccc1CC(CCl)(CCl)c1ccc(F)cc1. The van der Waals surface area contributed by atoms with Crippen molar-refractivity contribution in [3.63, 3.8) is 0 Å². The summed E-state index contributed by atoms with van der Waals surface area (Å²) in [5, 5.41) is 0. The predicted octanol–water partition coefficient (Wildman–Crippen LogP) is 4.79. The molecule has 0 aliphatic heterocycles. The molecule has 2 aromatic rings. The Morgan fingerprint density at radius 2 is 1.62 bits per heavy atom. The molecule has 21 heavy (non-hydrogen) atoms. The Bertz CT molecular complexity index is 580. The van der Waals surface area contributed by atoms with Gasteiger partial charge >= 0.3 is 0 Å². The molecular weight excluding hydrogens is 310 g/mol. The number of methoxy groups -OCH3 is 1. The highest BCUT2D eigenvalue weighted by Crippen LogP contribution is 2.34. The lowest BCUT2D eigenvalue weighted by atomic mass is 9.78. The maximum absolute atomic E-state index is 13.1. The zero-order chi connectivity index (χ0) is 15.3. The third kappa shape index (κ3) is 3.50. The van der Waals surface area contributed by atoms with Crippen molar-refractivity contribution in [3.05, 3.63) is 65.5 Å². The lowest BCUT2D eigenvalue weighted by molar-refractivity contribution is 0.403. The number of halogens is 3. The van der Waals surface area contributed by atoms with Gasteiger partial charge in [-0.15, -0.1) is 23.2 Å². The smallest absolute Gasteiger partial charge is 0.123 e. The standard InChI is InChI=1S/C17H17Cl2FO/c1-21-16-5-3-2-4-13(16)10-17(11-18,12-19)14-6-8-15(20)9-7-14/h2-9H,10-12H2,1H3. The molecule has 0 bridgehead atoms. The van der Waals surface area contributed by atoms with Gasteiger partial charge in [0, 0.05) is 17.2 Å². The Hall–Kier alpha value is -1.25. The third-order valence-electron chi connectivity index (χ3n) is 3.69. The van der Waals surface area contributed by atoms with Crippen LogP contribution in [-0.2, 0) is 11.8 Å². The van der Waals surface area contributed by atoms with Crippen molar-refractivity contribution < 1.29 is 9.13 Å². The molecule has 112 valence electrons. The molecule has 4 heteroatoms. The van der Waals surface area contributed by atoms with Crippen molar-refractivity contribution in [2.24, 2.45) is 0 Å². The summed E-state index contributed by atoms with van der Waals surface area (Å²) in [6.45, 7) is 0. The molecule has 0 saturated heterocycles. The van der Waals surface area contributed by atoms with E-state index in [1.165, 1.54) is 12.1 Å².